The van der Waals surface area contributed by atoms with E-state index in [0.717, 1.165) is 19.4 Å². The first-order valence-electron chi connectivity index (χ1n) is 15.3. The molecule has 0 aliphatic carbocycles. The number of pyridine rings is 1. The molecular weight excluding hydrogens is 597 g/mol. The number of phenolic OH excluding ortho intramolecular Hbond substituents is 1. The van der Waals surface area contributed by atoms with Crippen LogP contribution < -0.4 is 9.64 Å². The van der Waals surface area contributed by atoms with E-state index in [9.17, 15) is 13.9 Å². The van der Waals surface area contributed by atoms with Crippen molar-refractivity contribution in [3.8, 4) is 35.4 Å². The number of halogens is 3. The summed E-state index contributed by atoms with van der Waals surface area (Å²) in [4.78, 5) is 21.2. The molecular formula is C34H31F3N6O3. The Morgan fingerprint density at radius 1 is 1.20 bits per heavy atom. The molecule has 0 spiro atoms. The van der Waals surface area contributed by atoms with Crippen molar-refractivity contribution in [1.82, 2.24) is 19.9 Å². The fraction of sp³-hybridized carbons (Fsp3) is 0.412. The second kappa shape index (κ2) is 11.9. The predicted molar refractivity (Wildman–Crippen MR) is 166 cm³/mol. The van der Waals surface area contributed by atoms with Crippen LogP contribution in [-0.4, -0.2) is 88.7 Å². The van der Waals surface area contributed by atoms with Crippen LogP contribution in [0.5, 0.6) is 11.8 Å². The van der Waals surface area contributed by atoms with Gasteiger partial charge in [-0.05, 0) is 49.4 Å². The van der Waals surface area contributed by atoms with Crippen LogP contribution in [0.15, 0.2) is 30.5 Å². The summed E-state index contributed by atoms with van der Waals surface area (Å²) in [5, 5.41) is 11.5. The topological polar surface area (TPSA) is 88.2 Å². The van der Waals surface area contributed by atoms with Crippen molar-refractivity contribution in [2.75, 3.05) is 50.8 Å². The molecule has 3 aliphatic rings. The van der Waals surface area contributed by atoms with Gasteiger partial charge in [0, 0.05) is 43.3 Å². The van der Waals surface area contributed by atoms with Crippen molar-refractivity contribution in [1.29, 1.82) is 0 Å². The molecule has 7 rings (SSSR count). The van der Waals surface area contributed by atoms with Gasteiger partial charge in [-0.2, -0.15) is 9.97 Å². The number of alkyl halides is 1. The molecule has 0 unspecified atom stereocenters. The van der Waals surface area contributed by atoms with E-state index in [4.69, 9.17) is 27.5 Å². The minimum absolute atomic E-state index is 0.0786. The Morgan fingerprint density at radius 3 is 2.89 bits per heavy atom. The zero-order chi connectivity index (χ0) is 32.0. The molecule has 0 bridgehead atoms. The second-order valence-electron chi connectivity index (χ2n) is 12.2. The predicted octanol–water partition coefficient (Wildman–Crippen LogP) is 5.28. The summed E-state index contributed by atoms with van der Waals surface area (Å²) in [6.07, 6.45) is 8.47. The summed E-state index contributed by atoms with van der Waals surface area (Å²) in [5.74, 6) is 1.04. The number of benzene rings is 2. The monoisotopic (exact) mass is 628 g/mol. The lowest BCUT2D eigenvalue weighted by atomic mass is 9.95. The third kappa shape index (κ3) is 5.21. The van der Waals surface area contributed by atoms with Gasteiger partial charge in [0.05, 0.1) is 23.0 Å². The van der Waals surface area contributed by atoms with Crippen LogP contribution in [0.3, 0.4) is 0 Å². The first-order chi connectivity index (χ1) is 22.3. The average molecular weight is 629 g/mol. The number of aromatic hydroxyl groups is 1. The van der Waals surface area contributed by atoms with Gasteiger partial charge in [0.2, 0.25) is 6.54 Å². The number of aromatic nitrogens is 3. The van der Waals surface area contributed by atoms with E-state index in [1.54, 1.807) is 0 Å². The van der Waals surface area contributed by atoms with Crippen LogP contribution in [0.4, 0.5) is 19.0 Å². The smallest absolute Gasteiger partial charge is 0.319 e. The Balaban J connectivity index is 1.38. The third-order valence-corrected chi connectivity index (χ3v) is 9.27. The van der Waals surface area contributed by atoms with E-state index in [0.29, 0.717) is 55.7 Å². The molecule has 4 aromatic rings. The molecule has 0 radical (unpaired) electrons. The van der Waals surface area contributed by atoms with Crippen LogP contribution in [0.25, 0.3) is 37.8 Å². The fourth-order valence-electron chi connectivity index (χ4n) is 7.22. The van der Waals surface area contributed by atoms with E-state index in [1.807, 2.05) is 4.90 Å². The Bertz CT molecular complexity index is 1930. The molecule has 3 atom stereocenters. The van der Waals surface area contributed by atoms with Gasteiger partial charge < -0.3 is 24.3 Å². The molecule has 0 amide bonds. The Kier molecular flexibility index (Phi) is 7.79. The number of anilines is 1. The van der Waals surface area contributed by atoms with E-state index < -0.39 is 23.3 Å². The molecule has 46 heavy (non-hydrogen) atoms. The van der Waals surface area contributed by atoms with E-state index >= 15 is 4.39 Å². The average Bonchev–Trinajstić information content (AvgIpc) is 3.46. The van der Waals surface area contributed by atoms with Gasteiger partial charge in [0.1, 0.15) is 47.5 Å². The van der Waals surface area contributed by atoms with Crippen LogP contribution in [-0.2, 0) is 4.74 Å². The third-order valence-electron chi connectivity index (χ3n) is 9.27. The zero-order valence-electron chi connectivity index (χ0n) is 25.0. The summed E-state index contributed by atoms with van der Waals surface area (Å²) in [5.41, 5.74) is -0.743. The minimum atomic E-state index is -0.950. The molecule has 1 N–H and O–H groups in total. The van der Waals surface area contributed by atoms with Crippen molar-refractivity contribution in [2.45, 2.75) is 43.5 Å². The van der Waals surface area contributed by atoms with E-state index in [-0.39, 0.29) is 58.7 Å². The van der Waals surface area contributed by atoms with Gasteiger partial charge in [-0.15, -0.1) is 6.42 Å². The number of ether oxygens (including phenoxy) is 2. The fourth-order valence-corrected chi connectivity index (χ4v) is 7.22. The number of fused-ring (bicyclic) bond motifs is 3. The quantitative estimate of drug-likeness (QED) is 0.228. The molecule has 2 aromatic carbocycles. The van der Waals surface area contributed by atoms with Gasteiger partial charge in [0.15, 0.2) is 5.82 Å². The largest absolute Gasteiger partial charge is 0.508 e. The van der Waals surface area contributed by atoms with E-state index in [1.165, 1.54) is 30.5 Å². The first-order valence-corrected chi connectivity index (χ1v) is 15.3. The molecule has 3 saturated heterocycles. The maximum atomic E-state index is 16.8. The van der Waals surface area contributed by atoms with Gasteiger partial charge in [-0.25, -0.2) is 19.7 Å². The van der Waals surface area contributed by atoms with Crippen LogP contribution in [0.1, 0.15) is 31.2 Å². The number of rotatable bonds is 6. The number of hydrogen-bond donors (Lipinski definition) is 1. The highest BCUT2D eigenvalue weighted by Crippen LogP contribution is 2.42. The summed E-state index contributed by atoms with van der Waals surface area (Å²) < 4.78 is 58.1. The van der Waals surface area contributed by atoms with Crippen molar-refractivity contribution >= 4 is 27.5 Å². The highest BCUT2D eigenvalue weighted by atomic mass is 19.1. The molecule has 2 aromatic heterocycles. The van der Waals surface area contributed by atoms with Crippen molar-refractivity contribution < 1.29 is 27.8 Å². The Morgan fingerprint density at radius 2 is 2.07 bits per heavy atom. The number of phenols is 1. The molecule has 12 heteroatoms. The number of nitrogens with zero attached hydrogens (tertiary/aromatic N) is 6. The van der Waals surface area contributed by atoms with Gasteiger partial charge in [-0.1, -0.05) is 12.0 Å². The maximum absolute atomic E-state index is 16.8. The Labute approximate surface area is 263 Å². The van der Waals surface area contributed by atoms with Crippen LogP contribution >= 0.6 is 0 Å². The lowest BCUT2D eigenvalue weighted by molar-refractivity contribution is 0.0799. The zero-order valence-corrected chi connectivity index (χ0v) is 25.0. The van der Waals surface area contributed by atoms with E-state index in [2.05, 4.69) is 25.6 Å². The lowest BCUT2D eigenvalue weighted by Gasteiger charge is -2.31. The number of hydrogen-bond acceptors (Lipinski definition) is 8. The second-order valence-corrected chi connectivity index (χ2v) is 12.2. The summed E-state index contributed by atoms with van der Waals surface area (Å²) >= 11 is 0. The van der Waals surface area contributed by atoms with Crippen LogP contribution in [0, 0.1) is 30.6 Å². The van der Waals surface area contributed by atoms with Crippen molar-refractivity contribution in [3.05, 3.63) is 59.1 Å². The molecule has 236 valence electrons. The summed E-state index contributed by atoms with van der Waals surface area (Å²) in [6.45, 7) is 10.1. The standard InChI is InChI=1S/C34H31F3N6O3/c1-3-24-27(36)7-6-20-12-22(44)13-25(28(20)24)30-29(37)31-26(16-39-30)32(42-9-5-11-45-23(18-42)15-38-2)41-33(40-31)46-19-34-8-4-10-43(34)17-21(35)14-34/h1,6-7,12-13,16,21,23,44H,4-5,8-11,14-15,17-19H2/t21-,23-,34+/m1/s1. The first kappa shape index (κ1) is 30.0. The normalized spacial score (nSPS) is 23.3. The van der Waals surface area contributed by atoms with Crippen molar-refractivity contribution in [2.24, 2.45) is 0 Å². The summed E-state index contributed by atoms with van der Waals surface area (Å²) in [7, 11) is 0. The van der Waals surface area contributed by atoms with Gasteiger partial charge >= 0.3 is 6.01 Å². The van der Waals surface area contributed by atoms with Crippen molar-refractivity contribution in [3.63, 3.8) is 0 Å². The maximum Gasteiger partial charge on any atom is 0.319 e. The van der Waals surface area contributed by atoms with Crippen LogP contribution in [0.2, 0.25) is 0 Å². The SMILES string of the molecule is [C-]#[N+]C[C@@H]1CN(c2nc(OC[C@@]34CCCN3C[C@H](F)C4)nc3c(F)c(-c4cc(O)cc5ccc(F)c(C#C)c45)ncc23)CCCO1. The molecule has 0 saturated carbocycles. The van der Waals surface area contributed by atoms with Gasteiger partial charge in [-0.3, -0.25) is 9.88 Å². The minimum Gasteiger partial charge on any atom is -0.508 e. The Hall–Kier alpha value is -4.65. The highest BCUT2D eigenvalue weighted by Gasteiger charge is 2.49. The number of terminal acetylenes is 1. The van der Waals surface area contributed by atoms with Gasteiger partial charge in [0.25, 0.3) is 0 Å². The molecule has 5 heterocycles. The summed E-state index contributed by atoms with van der Waals surface area (Å²) in [6, 6.07) is 5.28. The lowest BCUT2D eigenvalue weighted by Crippen LogP contribution is -2.43. The molecule has 9 nitrogen and oxygen atoms in total. The highest BCUT2D eigenvalue weighted by molar-refractivity contribution is 6.03. The molecule has 3 fully saturated rings. The molecule has 3 aliphatic heterocycles.